The number of halogens is 3. The minimum absolute atomic E-state index is 0.292. The molecule has 1 aliphatic heterocycles. The van der Waals surface area contributed by atoms with Crippen molar-refractivity contribution < 1.29 is 37.0 Å². The third-order valence-corrected chi connectivity index (χ3v) is 5.37. The lowest BCUT2D eigenvalue weighted by Crippen LogP contribution is -2.59. The molecule has 0 radical (unpaired) electrons. The highest BCUT2D eigenvalue weighted by atomic mass is 19.4. The number of hydrogen-bond acceptors (Lipinski definition) is 6. The van der Waals surface area contributed by atoms with Crippen molar-refractivity contribution in [1.29, 1.82) is 0 Å². The van der Waals surface area contributed by atoms with E-state index in [9.17, 15) is 13.2 Å². The van der Waals surface area contributed by atoms with Crippen LogP contribution in [0, 0.1) is 0 Å². The van der Waals surface area contributed by atoms with Gasteiger partial charge in [0, 0.05) is 21.3 Å². The zero-order valence-electron chi connectivity index (χ0n) is 18.2. The van der Waals surface area contributed by atoms with Crippen molar-refractivity contribution in [3.05, 3.63) is 59.7 Å². The lowest BCUT2D eigenvalue weighted by atomic mass is 9.99. The molecule has 0 bridgehead atoms. The maximum absolute atomic E-state index is 12.7. The molecule has 1 unspecified atom stereocenters. The first-order chi connectivity index (χ1) is 15.3. The SMILES string of the molecule is CO[C@@H]1[C@@H](OC)[C@@H](OC)C(O/N=C/c2ccc(-c3ccc(C(F)(F)F)cc3)cc2)O[C@H]1C. The van der Waals surface area contributed by atoms with Gasteiger partial charge in [0.2, 0.25) is 0 Å². The van der Waals surface area contributed by atoms with Gasteiger partial charge in [-0.3, -0.25) is 0 Å². The molecule has 9 heteroatoms. The van der Waals surface area contributed by atoms with Crippen molar-refractivity contribution in [2.45, 2.75) is 43.8 Å². The van der Waals surface area contributed by atoms with Crippen LogP contribution in [-0.4, -0.2) is 58.2 Å². The molecule has 0 spiro atoms. The molecule has 32 heavy (non-hydrogen) atoms. The maximum Gasteiger partial charge on any atom is 0.416 e. The maximum atomic E-state index is 12.7. The molecular formula is C23H26F3NO5. The van der Waals surface area contributed by atoms with Crippen LogP contribution in [0.4, 0.5) is 13.2 Å². The number of benzene rings is 2. The predicted octanol–water partition coefficient (Wildman–Crippen LogP) is 4.51. The summed E-state index contributed by atoms with van der Waals surface area (Å²) in [5.41, 5.74) is 1.54. The van der Waals surface area contributed by atoms with Crippen LogP contribution in [0.2, 0.25) is 0 Å². The second-order valence-electron chi connectivity index (χ2n) is 7.35. The topological polar surface area (TPSA) is 58.5 Å². The summed E-state index contributed by atoms with van der Waals surface area (Å²) in [7, 11) is 4.68. The normalized spacial score (nSPS) is 26.4. The minimum Gasteiger partial charge on any atom is -0.376 e. The average Bonchev–Trinajstić information content (AvgIpc) is 2.78. The highest BCUT2D eigenvalue weighted by molar-refractivity contribution is 5.80. The van der Waals surface area contributed by atoms with Gasteiger partial charge in [-0.1, -0.05) is 41.6 Å². The Morgan fingerprint density at radius 1 is 0.812 bits per heavy atom. The van der Waals surface area contributed by atoms with Gasteiger partial charge in [0.25, 0.3) is 6.29 Å². The van der Waals surface area contributed by atoms with Crippen LogP contribution in [0.25, 0.3) is 11.1 Å². The molecule has 5 atom stereocenters. The number of nitrogens with zero attached hydrogens (tertiary/aromatic N) is 1. The number of methoxy groups -OCH3 is 3. The highest BCUT2D eigenvalue weighted by Gasteiger charge is 2.46. The lowest BCUT2D eigenvalue weighted by molar-refractivity contribution is -0.305. The Bertz CT molecular complexity index is 886. The van der Waals surface area contributed by atoms with Crippen LogP contribution in [0.1, 0.15) is 18.1 Å². The largest absolute Gasteiger partial charge is 0.416 e. The summed E-state index contributed by atoms with van der Waals surface area (Å²) in [6.07, 6.45) is -5.16. The van der Waals surface area contributed by atoms with Gasteiger partial charge in [0.1, 0.15) is 12.2 Å². The van der Waals surface area contributed by atoms with Crippen molar-refractivity contribution >= 4 is 6.21 Å². The number of ether oxygens (including phenoxy) is 4. The predicted molar refractivity (Wildman–Crippen MR) is 112 cm³/mol. The van der Waals surface area contributed by atoms with Crippen molar-refractivity contribution in [3.63, 3.8) is 0 Å². The molecule has 3 rings (SSSR count). The fourth-order valence-corrected chi connectivity index (χ4v) is 3.66. The molecule has 1 aliphatic rings. The first kappa shape index (κ1) is 24.2. The molecule has 1 fully saturated rings. The van der Waals surface area contributed by atoms with Crippen molar-refractivity contribution in [3.8, 4) is 11.1 Å². The monoisotopic (exact) mass is 453 g/mol. The van der Waals surface area contributed by atoms with Gasteiger partial charge in [-0.2, -0.15) is 13.2 Å². The summed E-state index contributed by atoms with van der Waals surface area (Å²) in [6, 6.07) is 12.2. The Kier molecular flexibility index (Phi) is 7.89. The Morgan fingerprint density at radius 3 is 1.84 bits per heavy atom. The molecule has 2 aromatic rings. The fourth-order valence-electron chi connectivity index (χ4n) is 3.66. The summed E-state index contributed by atoms with van der Waals surface area (Å²) < 4.78 is 60.4. The van der Waals surface area contributed by atoms with Crippen LogP contribution < -0.4 is 0 Å². The molecule has 1 saturated heterocycles. The van der Waals surface area contributed by atoms with Gasteiger partial charge in [0.05, 0.1) is 17.9 Å². The van der Waals surface area contributed by atoms with Gasteiger partial charge >= 0.3 is 6.18 Å². The van der Waals surface area contributed by atoms with Crippen LogP contribution >= 0.6 is 0 Å². The van der Waals surface area contributed by atoms with Crippen LogP contribution in [0.5, 0.6) is 0 Å². The summed E-state index contributed by atoms with van der Waals surface area (Å²) >= 11 is 0. The average molecular weight is 453 g/mol. The minimum atomic E-state index is -4.35. The Labute approximate surface area is 184 Å². The fraction of sp³-hybridized carbons (Fsp3) is 0.435. The molecule has 2 aromatic carbocycles. The summed E-state index contributed by atoms with van der Waals surface area (Å²) in [4.78, 5) is 5.53. The highest BCUT2D eigenvalue weighted by Crippen LogP contribution is 2.31. The number of alkyl halides is 3. The molecule has 0 N–H and O–H groups in total. The van der Waals surface area contributed by atoms with E-state index in [2.05, 4.69) is 5.16 Å². The Hall–Kier alpha value is -2.46. The number of rotatable bonds is 7. The molecule has 0 amide bonds. The first-order valence-corrected chi connectivity index (χ1v) is 9.99. The van der Waals surface area contributed by atoms with Crippen molar-refractivity contribution in [2.75, 3.05) is 21.3 Å². The van der Waals surface area contributed by atoms with Gasteiger partial charge in [0.15, 0.2) is 6.10 Å². The number of hydrogen-bond donors (Lipinski definition) is 0. The molecule has 174 valence electrons. The van der Waals surface area contributed by atoms with E-state index in [1.54, 1.807) is 38.5 Å². The quantitative estimate of drug-likeness (QED) is 0.456. The van der Waals surface area contributed by atoms with E-state index in [1.165, 1.54) is 25.5 Å². The zero-order chi connectivity index (χ0) is 23.3. The second-order valence-corrected chi connectivity index (χ2v) is 7.35. The van der Waals surface area contributed by atoms with E-state index in [0.29, 0.717) is 5.56 Å². The van der Waals surface area contributed by atoms with E-state index in [0.717, 1.165) is 23.3 Å². The van der Waals surface area contributed by atoms with E-state index in [-0.39, 0.29) is 12.2 Å². The van der Waals surface area contributed by atoms with Gasteiger partial charge < -0.3 is 23.8 Å². The summed E-state index contributed by atoms with van der Waals surface area (Å²) in [5, 5.41) is 4.01. The Morgan fingerprint density at radius 2 is 1.34 bits per heavy atom. The summed E-state index contributed by atoms with van der Waals surface area (Å²) in [6.45, 7) is 1.85. The van der Waals surface area contributed by atoms with E-state index < -0.39 is 30.2 Å². The standard InChI is InChI=1S/C23H26F3NO5/c1-14-19(28-2)20(29-3)21(30-4)22(31-14)32-27-13-15-5-7-16(8-6-15)17-9-11-18(12-10-17)23(24,25)26/h5-14,19-22H,1-4H3/b27-13+/t14-,19-,20+,21+,22?/m0/s1. The molecule has 6 nitrogen and oxygen atoms in total. The van der Waals surface area contributed by atoms with Crippen LogP contribution in [0.3, 0.4) is 0 Å². The second kappa shape index (κ2) is 10.4. The van der Waals surface area contributed by atoms with Gasteiger partial charge in [-0.25, -0.2) is 0 Å². The molecule has 0 aliphatic carbocycles. The van der Waals surface area contributed by atoms with E-state index in [1.807, 2.05) is 6.92 Å². The van der Waals surface area contributed by atoms with Gasteiger partial charge in [-0.05, 0) is 35.7 Å². The van der Waals surface area contributed by atoms with Crippen molar-refractivity contribution in [1.82, 2.24) is 0 Å². The third-order valence-electron chi connectivity index (χ3n) is 5.37. The first-order valence-electron chi connectivity index (χ1n) is 9.99. The number of oxime groups is 1. The van der Waals surface area contributed by atoms with E-state index in [4.69, 9.17) is 23.8 Å². The Balaban J connectivity index is 1.64. The van der Waals surface area contributed by atoms with Crippen LogP contribution in [0.15, 0.2) is 53.7 Å². The summed E-state index contributed by atoms with van der Waals surface area (Å²) in [5.74, 6) is 0. The zero-order valence-corrected chi connectivity index (χ0v) is 18.2. The molecule has 0 saturated carbocycles. The van der Waals surface area contributed by atoms with Crippen molar-refractivity contribution in [2.24, 2.45) is 5.16 Å². The third kappa shape index (κ3) is 5.47. The molecular weight excluding hydrogens is 427 g/mol. The van der Waals surface area contributed by atoms with Gasteiger partial charge in [-0.15, -0.1) is 0 Å². The molecule has 1 heterocycles. The van der Waals surface area contributed by atoms with Crippen LogP contribution in [-0.2, 0) is 30.0 Å². The smallest absolute Gasteiger partial charge is 0.376 e. The van der Waals surface area contributed by atoms with E-state index >= 15 is 0 Å². The lowest BCUT2D eigenvalue weighted by Gasteiger charge is -2.42. The molecule has 0 aromatic heterocycles.